The van der Waals surface area contributed by atoms with E-state index in [2.05, 4.69) is 65.9 Å². The maximum Gasteiger partial charge on any atom is 0.308 e. The SMILES string of the molecule is CC[C@H](C)C(=O)O[C@H]1CCC=C2C=C[C@H](C)[C@H](CCCO[Si](C)(C)C(C)(C)C)[C@H]21. The van der Waals surface area contributed by atoms with Gasteiger partial charge in [0.05, 0.1) is 5.92 Å². The van der Waals surface area contributed by atoms with Gasteiger partial charge in [0.1, 0.15) is 6.10 Å². The van der Waals surface area contributed by atoms with E-state index in [1.807, 2.05) is 6.92 Å². The Balaban J connectivity index is 2.03. The molecule has 0 aromatic rings. The van der Waals surface area contributed by atoms with Crippen molar-refractivity contribution in [2.45, 2.75) is 97.9 Å². The van der Waals surface area contributed by atoms with Crippen molar-refractivity contribution < 1.29 is 14.0 Å². The molecular formula is C25H44O3Si. The third-order valence-electron chi connectivity index (χ3n) is 7.58. The van der Waals surface area contributed by atoms with Crippen LogP contribution in [0, 0.1) is 23.7 Å². The fourth-order valence-corrected chi connectivity index (χ4v) is 5.34. The van der Waals surface area contributed by atoms with E-state index in [9.17, 15) is 4.79 Å². The highest BCUT2D eigenvalue weighted by molar-refractivity contribution is 6.74. The summed E-state index contributed by atoms with van der Waals surface area (Å²) in [6.07, 6.45) is 12.0. The molecule has 0 radical (unpaired) electrons. The van der Waals surface area contributed by atoms with Crippen molar-refractivity contribution in [3.8, 4) is 0 Å². The Bertz CT molecular complexity index is 614. The summed E-state index contributed by atoms with van der Waals surface area (Å²) in [6, 6.07) is 0. The molecule has 0 spiro atoms. The molecule has 2 rings (SSSR count). The highest BCUT2D eigenvalue weighted by Crippen LogP contribution is 2.44. The van der Waals surface area contributed by atoms with Crippen LogP contribution in [0.2, 0.25) is 18.1 Å². The van der Waals surface area contributed by atoms with Crippen LogP contribution in [0.25, 0.3) is 0 Å². The van der Waals surface area contributed by atoms with Gasteiger partial charge in [-0.1, -0.05) is 59.8 Å². The molecule has 0 aliphatic heterocycles. The maximum atomic E-state index is 12.5. The molecule has 0 saturated carbocycles. The van der Waals surface area contributed by atoms with Gasteiger partial charge in [-0.25, -0.2) is 0 Å². The van der Waals surface area contributed by atoms with E-state index in [0.29, 0.717) is 17.8 Å². The molecule has 0 amide bonds. The summed E-state index contributed by atoms with van der Waals surface area (Å²) in [5, 5.41) is 0.252. The topological polar surface area (TPSA) is 35.5 Å². The summed E-state index contributed by atoms with van der Waals surface area (Å²) in [5.74, 6) is 1.32. The van der Waals surface area contributed by atoms with Crippen molar-refractivity contribution in [3.05, 3.63) is 23.8 Å². The number of esters is 1. The van der Waals surface area contributed by atoms with Crippen molar-refractivity contribution >= 4 is 14.3 Å². The zero-order valence-electron chi connectivity index (χ0n) is 20.1. The van der Waals surface area contributed by atoms with Gasteiger partial charge in [-0.2, -0.15) is 0 Å². The minimum Gasteiger partial charge on any atom is -0.461 e. The molecule has 0 bridgehead atoms. The number of hydrogen-bond donors (Lipinski definition) is 0. The number of carbonyl (C=O) groups is 1. The normalized spacial score (nSPS) is 28.5. The summed E-state index contributed by atoms with van der Waals surface area (Å²) in [4.78, 5) is 12.5. The molecule has 166 valence electrons. The molecule has 2 aliphatic carbocycles. The van der Waals surface area contributed by atoms with Crippen molar-refractivity contribution in [2.24, 2.45) is 23.7 Å². The Morgan fingerprint density at radius 3 is 2.62 bits per heavy atom. The molecule has 0 N–H and O–H groups in total. The molecule has 5 atom stereocenters. The van der Waals surface area contributed by atoms with Crippen LogP contribution in [0.5, 0.6) is 0 Å². The Morgan fingerprint density at radius 2 is 2.00 bits per heavy atom. The van der Waals surface area contributed by atoms with Crippen LogP contribution in [0.4, 0.5) is 0 Å². The van der Waals surface area contributed by atoms with E-state index in [4.69, 9.17) is 9.16 Å². The smallest absolute Gasteiger partial charge is 0.308 e. The summed E-state index contributed by atoms with van der Waals surface area (Å²) >= 11 is 0. The first kappa shape index (κ1) is 24.4. The van der Waals surface area contributed by atoms with Crippen LogP contribution in [0.1, 0.15) is 73.6 Å². The van der Waals surface area contributed by atoms with Gasteiger partial charge in [0.2, 0.25) is 0 Å². The number of hydrogen-bond acceptors (Lipinski definition) is 3. The first-order chi connectivity index (χ1) is 13.5. The third-order valence-corrected chi connectivity index (χ3v) is 12.1. The molecule has 4 heteroatoms. The zero-order chi connectivity index (χ0) is 21.8. The van der Waals surface area contributed by atoms with Gasteiger partial charge >= 0.3 is 5.97 Å². The summed E-state index contributed by atoms with van der Waals surface area (Å²) < 4.78 is 12.5. The Hall–Kier alpha value is -0.873. The quantitative estimate of drug-likeness (QED) is 0.243. The molecule has 0 aromatic heterocycles. The molecule has 0 aromatic carbocycles. The van der Waals surface area contributed by atoms with E-state index in [1.54, 1.807) is 0 Å². The van der Waals surface area contributed by atoms with Crippen molar-refractivity contribution in [1.29, 1.82) is 0 Å². The fourth-order valence-electron chi connectivity index (χ4n) is 4.25. The lowest BCUT2D eigenvalue weighted by Gasteiger charge is -2.42. The molecule has 0 heterocycles. The lowest BCUT2D eigenvalue weighted by molar-refractivity contribution is -0.157. The van der Waals surface area contributed by atoms with Crippen LogP contribution in [0.15, 0.2) is 23.8 Å². The number of carbonyl (C=O) groups excluding carboxylic acids is 1. The monoisotopic (exact) mass is 420 g/mol. The average Bonchev–Trinajstić information content (AvgIpc) is 2.65. The highest BCUT2D eigenvalue weighted by Gasteiger charge is 2.40. The van der Waals surface area contributed by atoms with E-state index in [0.717, 1.165) is 38.7 Å². The van der Waals surface area contributed by atoms with Gasteiger partial charge in [-0.15, -0.1) is 0 Å². The molecule has 0 saturated heterocycles. The van der Waals surface area contributed by atoms with E-state index >= 15 is 0 Å². The minimum absolute atomic E-state index is 0.0163. The Labute approximate surface area is 180 Å². The lowest BCUT2D eigenvalue weighted by Crippen LogP contribution is -2.41. The maximum absolute atomic E-state index is 12.5. The van der Waals surface area contributed by atoms with Crippen LogP contribution in [-0.4, -0.2) is 27.0 Å². The predicted octanol–water partition coefficient (Wildman–Crippen LogP) is 6.90. The highest BCUT2D eigenvalue weighted by atomic mass is 28.4. The molecule has 2 aliphatic rings. The standard InChI is InChI=1S/C25H44O3Si/c1-9-18(2)24(26)28-22-14-10-12-20-16-15-19(3)21(23(20)22)13-11-17-27-29(7,8)25(4,5)6/h12,15-16,18-19,21-23H,9-11,13-14,17H2,1-8H3/t18-,19-,21-,22-,23-/m0/s1. The van der Waals surface area contributed by atoms with Gasteiger partial charge in [0, 0.05) is 12.5 Å². The predicted molar refractivity (Wildman–Crippen MR) is 124 cm³/mol. The van der Waals surface area contributed by atoms with Gasteiger partial charge in [0.15, 0.2) is 8.32 Å². The van der Waals surface area contributed by atoms with E-state index < -0.39 is 8.32 Å². The average molecular weight is 421 g/mol. The molecular weight excluding hydrogens is 376 g/mol. The van der Waals surface area contributed by atoms with Crippen LogP contribution in [0.3, 0.4) is 0 Å². The number of ether oxygens (including phenoxy) is 1. The fraction of sp³-hybridized carbons (Fsp3) is 0.800. The summed E-state index contributed by atoms with van der Waals surface area (Å²) in [6.45, 7) is 18.7. The third kappa shape index (κ3) is 6.07. The van der Waals surface area contributed by atoms with Crippen LogP contribution >= 0.6 is 0 Å². The van der Waals surface area contributed by atoms with Gasteiger partial charge in [0.25, 0.3) is 0 Å². The second kappa shape index (κ2) is 9.96. The molecule has 29 heavy (non-hydrogen) atoms. The number of rotatable bonds is 8. The van der Waals surface area contributed by atoms with Gasteiger partial charge in [-0.05, 0) is 67.6 Å². The number of fused-ring (bicyclic) bond motifs is 1. The first-order valence-corrected chi connectivity index (χ1v) is 14.6. The molecule has 0 unspecified atom stereocenters. The first-order valence-electron chi connectivity index (χ1n) is 11.7. The zero-order valence-corrected chi connectivity index (χ0v) is 21.1. The molecule has 0 fully saturated rings. The van der Waals surface area contributed by atoms with Gasteiger partial charge in [-0.3, -0.25) is 4.79 Å². The minimum atomic E-state index is -1.69. The van der Waals surface area contributed by atoms with E-state index in [1.165, 1.54) is 5.57 Å². The van der Waals surface area contributed by atoms with E-state index in [-0.39, 0.29) is 23.0 Å². The van der Waals surface area contributed by atoms with Gasteiger partial charge < -0.3 is 9.16 Å². The largest absolute Gasteiger partial charge is 0.461 e. The molecule has 3 nitrogen and oxygen atoms in total. The second-order valence-corrected chi connectivity index (χ2v) is 15.5. The van der Waals surface area contributed by atoms with Crippen molar-refractivity contribution in [2.75, 3.05) is 6.61 Å². The summed E-state index contributed by atoms with van der Waals surface area (Å²) in [7, 11) is -1.69. The Kier molecular flexibility index (Phi) is 8.38. The van der Waals surface area contributed by atoms with Crippen LogP contribution in [-0.2, 0) is 14.0 Å². The number of allylic oxidation sites excluding steroid dienone is 3. The Morgan fingerprint density at radius 1 is 1.31 bits per heavy atom. The lowest BCUT2D eigenvalue weighted by atomic mass is 9.67. The van der Waals surface area contributed by atoms with Crippen LogP contribution < -0.4 is 0 Å². The summed E-state index contributed by atoms with van der Waals surface area (Å²) in [5.41, 5.74) is 1.38. The second-order valence-electron chi connectivity index (χ2n) is 10.7. The van der Waals surface area contributed by atoms with Crippen molar-refractivity contribution in [3.63, 3.8) is 0 Å². The van der Waals surface area contributed by atoms with Crippen molar-refractivity contribution in [1.82, 2.24) is 0 Å².